The number of piperazine rings is 1. The minimum atomic E-state index is 0.349. The van der Waals surface area contributed by atoms with Crippen molar-refractivity contribution < 1.29 is 4.79 Å². The van der Waals surface area contributed by atoms with Crippen LogP contribution in [0, 0.1) is 19.8 Å². The normalized spacial score (nSPS) is 19.7. The van der Waals surface area contributed by atoms with E-state index in [2.05, 4.69) is 14.9 Å². The molecule has 0 unspecified atom stereocenters. The number of aromatic nitrogens is 2. The van der Waals surface area contributed by atoms with Gasteiger partial charge < -0.3 is 9.80 Å². The molecule has 22 heavy (non-hydrogen) atoms. The van der Waals surface area contributed by atoms with E-state index in [9.17, 15) is 4.79 Å². The molecule has 1 amide bonds. The van der Waals surface area contributed by atoms with Gasteiger partial charge in [0.2, 0.25) is 5.91 Å². The van der Waals surface area contributed by atoms with Crippen LogP contribution in [0.2, 0.25) is 0 Å². The number of hydrogen-bond acceptors (Lipinski definition) is 4. The number of carbonyl (C=O) groups excluding carboxylic acids is 1. The number of rotatable bonds is 3. The first-order valence-electron chi connectivity index (χ1n) is 8.47. The summed E-state index contributed by atoms with van der Waals surface area (Å²) in [5.74, 6) is 2.79. The van der Waals surface area contributed by atoms with Crippen LogP contribution in [-0.2, 0) is 4.79 Å². The highest BCUT2D eigenvalue weighted by molar-refractivity contribution is 5.76. The number of nitrogens with zero attached hydrogens (tertiary/aromatic N) is 4. The maximum absolute atomic E-state index is 12.4. The second-order valence-corrected chi connectivity index (χ2v) is 6.64. The van der Waals surface area contributed by atoms with Crippen LogP contribution in [0.25, 0.3) is 0 Å². The Kier molecular flexibility index (Phi) is 4.60. The lowest BCUT2D eigenvalue weighted by Crippen LogP contribution is -2.49. The molecule has 1 aromatic rings. The van der Waals surface area contributed by atoms with Crippen LogP contribution in [0.3, 0.4) is 0 Å². The Morgan fingerprint density at radius 2 is 1.82 bits per heavy atom. The number of carbonyl (C=O) groups is 1. The van der Waals surface area contributed by atoms with Crippen molar-refractivity contribution in [2.45, 2.75) is 46.0 Å². The maximum atomic E-state index is 12.4. The van der Waals surface area contributed by atoms with Crippen molar-refractivity contribution >= 4 is 11.7 Å². The van der Waals surface area contributed by atoms with Crippen LogP contribution in [-0.4, -0.2) is 47.0 Å². The first-order valence-corrected chi connectivity index (χ1v) is 8.47. The Balaban J connectivity index is 1.54. The lowest BCUT2D eigenvalue weighted by molar-refractivity contribution is -0.132. The molecule has 0 aromatic carbocycles. The average molecular weight is 302 g/mol. The van der Waals surface area contributed by atoms with Crippen molar-refractivity contribution in [1.82, 2.24) is 14.9 Å². The minimum absolute atomic E-state index is 0.349. The fourth-order valence-electron chi connectivity index (χ4n) is 3.63. The largest absolute Gasteiger partial charge is 0.353 e. The van der Waals surface area contributed by atoms with Gasteiger partial charge in [-0.15, -0.1) is 0 Å². The molecular formula is C17H26N4O. The van der Waals surface area contributed by atoms with E-state index in [4.69, 9.17) is 0 Å². The SMILES string of the molecule is Cc1cc(N2CCN(C(=O)CC3CCCC3)CC2)nc(C)n1. The number of aryl methyl sites for hydroxylation is 2. The molecule has 5 heteroatoms. The van der Waals surface area contributed by atoms with Gasteiger partial charge in [0.1, 0.15) is 11.6 Å². The van der Waals surface area contributed by atoms with E-state index in [0.29, 0.717) is 11.8 Å². The number of hydrogen-bond donors (Lipinski definition) is 0. The zero-order chi connectivity index (χ0) is 15.5. The molecule has 0 radical (unpaired) electrons. The Labute approximate surface area is 132 Å². The Morgan fingerprint density at radius 3 is 2.45 bits per heavy atom. The van der Waals surface area contributed by atoms with Gasteiger partial charge in [-0.1, -0.05) is 12.8 Å². The smallest absolute Gasteiger partial charge is 0.222 e. The predicted octanol–water partition coefficient (Wildman–Crippen LogP) is 2.32. The summed E-state index contributed by atoms with van der Waals surface area (Å²) < 4.78 is 0. The minimum Gasteiger partial charge on any atom is -0.353 e. The first kappa shape index (κ1) is 15.3. The number of anilines is 1. The van der Waals surface area contributed by atoms with E-state index < -0.39 is 0 Å². The standard InChI is InChI=1S/C17H26N4O/c1-13-11-16(19-14(2)18-13)20-7-9-21(10-8-20)17(22)12-15-5-3-4-6-15/h11,15H,3-10,12H2,1-2H3. The van der Waals surface area contributed by atoms with Crippen molar-refractivity contribution in [3.8, 4) is 0 Å². The topological polar surface area (TPSA) is 49.3 Å². The van der Waals surface area contributed by atoms with E-state index in [1.807, 2.05) is 24.8 Å². The second-order valence-electron chi connectivity index (χ2n) is 6.64. The Morgan fingerprint density at radius 1 is 1.14 bits per heavy atom. The summed E-state index contributed by atoms with van der Waals surface area (Å²) in [6, 6.07) is 2.03. The average Bonchev–Trinajstić information content (AvgIpc) is 2.99. The molecule has 120 valence electrons. The van der Waals surface area contributed by atoms with Gasteiger partial charge in [0.25, 0.3) is 0 Å². The summed E-state index contributed by atoms with van der Waals surface area (Å²) in [4.78, 5) is 25.5. The van der Waals surface area contributed by atoms with E-state index in [-0.39, 0.29) is 0 Å². The van der Waals surface area contributed by atoms with Gasteiger partial charge in [-0.05, 0) is 32.6 Å². The van der Waals surface area contributed by atoms with Gasteiger partial charge in [-0.3, -0.25) is 4.79 Å². The molecule has 1 aliphatic heterocycles. The van der Waals surface area contributed by atoms with Crippen LogP contribution in [0.15, 0.2) is 6.07 Å². The van der Waals surface area contributed by atoms with E-state index >= 15 is 0 Å². The zero-order valence-electron chi connectivity index (χ0n) is 13.7. The third kappa shape index (κ3) is 3.57. The van der Waals surface area contributed by atoms with Gasteiger partial charge >= 0.3 is 0 Å². The molecular weight excluding hydrogens is 276 g/mol. The van der Waals surface area contributed by atoms with Crippen LogP contribution >= 0.6 is 0 Å². The quantitative estimate of drug-likeness (QED) is 0.860. The molecule has 1 saturated heterocycles. The molecule has 2 fully saturated rings. The van der Waals surface area contributed by atoms with Crippen molar-refractivity contribution in [3.63, 3.8) is 0 Å². The van der Waals surface area contributed by atoms with Crippen molar-refractivity contribution in [2.75, 3.05) is 31.1 Å². The molecule has 1 saturated carbocycles. The third-order valence-corrected chi connectivity index (χ3v) is 4.85. The van der Waals surface area contributed by atoms with Gasteiger partial charge in [0.05, 0.1) is 0 Å². The molecule has 0 bridgehead atoms. The lowest BCUT2D eigenvalue weighted by atomic mass is 10.0. The van der Waals surface area contributed by atoms with Gasteiger partial charge in [0.15, 0.2) is 0 Å². The van der Waals surface area contributed by atoms with Crippen LogP contribution in [0.1, 0.15) is 43.6 Å². The summed E-state index contributed by atoms with van der Waals surface area (Å²) in [7, 11) is 0. The zero-order valence-corrected chi connectivity index (χ0v) is 13.7. The van der Waals surface area contributed by atoms with Crippen molar-refractivity contribution in [2.24, 2.45) is 5.92 Å². The monoisotopic (exact) mass is 302 g/mol. The van der Waals surface area contributed by atoms with Gasteiger partial charge in [0, 0.05) is 44.4 Å². The highest BCUT2D eigenvalue weighted by Gasteiger charge is 2.25. The summed E-state index contributed by atoms with van der Waals surface area (Å²) >= 11 is 0. The van der Waals surface area contributed by atoms with Crippen molar-refractivity contribution in [3.05, 3.63) is 17.6 Å². The van der Waals surface area contributed by atoms with E-state index in [1.165, 1.54) is 25.7 Å². The fraction of sp³-hybridized carbons (Fsp3) is 0.706. The molecule has 0 spiro atoms. The highest BCUT2D eigenvalue weighted by atomic mass is 16.2. The van der Waals surface area contributed by atoms with Crippen LogP contribution in [0.5, 0.6) is 0 Å². The van der Waals surface area contributed by atoms with Gasteiger partial charge in [-0.2, -0.15) is 0 Å². The molecule has 1 aliphatic carbocycles. The molecule has 2 heterocycles. The molecule has 3 rings (SSSR count). The van der Waals surface area contributed by atoms with E-state index in [1.54, 1.807) is 0 Å². The summed E-state index contributed by atoms with van der Waals surface area (Å²) in [5.41, 5.74) is 1.00. The maximum Gasteiger partial charge on any atom is 0.222 e. The van der Waals surface area contributed by atoms with Gasteiger partial charge in [-0.25, -0.2) is 9.97 Å². The predicted molar refractivity (Wildman–Crippen MR) is 86.9 cm³/mol. The Bertz CT molecular complexity index is 511. The fourth-order valence-corrected chi connectivity index (χ4v) is 3.63. The Hall–Kier alpha value is -1.65. The molecule has 0 atom stereocenters. The van der Waals surface area contributed by atoms with Crippen LogP contribution < -0.4 is 4.90 Å². The second kappa shape index (κ2) is 6.63. The van der Waals surface area contributed by atoms with E-state index in [0.717, 1.165) is 49.9 Å². The summed E-state index contributed by atoms with van der Waals surface area (Å²) in [6.45, 7) is 7.29. The third-order valence-electron chi connectivity index (χ3n) is 4.85. The molecule has 1 aromatic heterocycles. The van der Waals surface area contributed by atoms with Crippen molar-refractivity contribution in [1.29, 1.82) is 0 Å². The summed E-state index contributed by atoms with van der Waals surface area (Å²) in [5, 5.41) is 0. The lowest BCUT2D eigenvalue weighted by Gasteiger charge is -2.36. The molecule has 2 aliphatic rings. The molecule has 5 nitrogen and oxygen atoms in total. The highest BCUT2D eigenvalue weighted by Crippen LogP contribution is 2.28. The van der Waals surface area contributed by atoms with Crippen LogP contribution in [0.4, 0.5) is 5.82 Å². The summed E-state index contributed by atoms with van der Waals surface area (Å²) in [6.07, 6.45) is 5.85. The molecule has 0 N–H and O–H groups in total. The number of amides is 1. The first-order chi connectivity index (χ1) is 10.6.